The summed E-state index contributed by atoms with van der Waals surface area (Å²) in [6.07, 6.45) is 0. The van der Waals surface area contributed by atoms with E-state index >= 15 is 0 Å². The van der Waals surface area contributed by atoms with Crippen molar-refractivity contribution in [3.63, 3.8) is 0 Å². The van der Waals surface area contributed by atoms with E-state index in [9.17, 15) is 0 Å². The molecule has 74 valence electrons. The minimum Gasteiger partial charge on any atom is -0.307 e. The maximum Gasteiger partial charge on any atom is 0.188 e. The fourth-order valence-corrected chi connectivity index (χ4v) is 0.882. The molecule has 0 aliphatic carbocycles. The molecule has 5 heteroatoms. The standard InChI is InChI=1S/C8H17N5/c1-6(2)7(3)9-5-8-10-12-13(4)11-8/h6-7,9H,5H2,1-4H3. The molecule has 1 aromatic rings. The Labute approximate surface area is 78.5 Å². The highest BCUT2D eigenvalue weighted by molar-refractivity contribution is 4.77. The zero-order chi connectivity index (χ0) is 9.84. The maximum atomic E-state index is 4.07. The average molecular weight is 183 g/mol. The third-order valence-electron chi connectivity index (χ3n) is 2.13. The molecule has 13 heavy (non-hydrogen) atoms. The van der Waals surface area contributed by atoms with Crippen molar-refractivity contribution in [2.24, 2.45) is 13.0 Å². The number of rotatable bonds is 4. The molecule has 1 heterocycles. The molecule has 1 atom stereocenters. The van der Waals surface area contributed by atoms with Crippen molar-refractivity contribution in [2.75, 3.05) is 0 Å². The number of hydrogen-bond donors (Lipinski definition) is 1. The summed E-state index contributed by atoms with van der Waals surface area (Å²) in [5.74, 6) is 1.37. The van der Waals surface area contributed by atoms with Gasteiger partial charge >= 0.3 is 0 Å². The van der Waals surface area contributed by atoms with Crippen LogP contribution in [0.2, 0.25) is 0 Å². The van der Waals surface area contributed by atoms with Gasteiger partial charge < -0.3 is 5.32 Å². The number of tetrazole rings is 1. The van der Waals surface area contributed by atoms with Gasteiger partial charge in [0.05, 0.1) is 13.6 Å². The second-order valence-corrected chi connectivity index (χ2v) is 3.61. The van der Waals surface area contributed by atoms with Crippen LogP contribution in [0.1, 0.15) is 26.6 Å². The zero-order valence-corrected chi connectivity index (χ0v) is 8.65. The summed E-state index contributed by atoms with van der Waals surface area (Å²) in [5.41, 5.74) is 0. The van der Waals surface area contributed by atoms with Gasteiger partial charge in [0.15, 0.2) is 5.82 Å². The SMILES string of the molecule is CC(C)C(C)NCc1nnn(C)n1. The number of aromatic nitrogens is 4. The molecular formula is C8H17N5. The Balaban J connectivity index is 2.35. The predicted molar refractivity (Wildman–Crippen MR) is 49.9 cm³/mol. The van der Waals surface area contributed by atoms with E-state index in [0.29, 0.717) is 18.5 Å². The molecule has 0 radical (unpaired) electrons. The number of hydrogen-bond acceptors (Lipinski definition) is 4. The first-order valence-electron chi connectivity index (χ1n) is 4.56. The summed E-state index contributed by atoms with van der Waals surface area (Å²) < 4.78 is 0. The lowest BCUT2D eigenvalue weighted by molar-refractivity contribution is 0.420. The lowest BCUT2D eigenvalue weighted by Crippen LogP contribution is -2.30. The number of nitrogens with one attached hydrogen (secondary N) is 1. The van der Waals surface area contributed by atoms with Crippen LogP contribution >= 0.6 is 0 Å². The molecule has 0 saturated carbocycles. The Hall–Kier alpha value is -0.970. The summed E-state index contributed by atoms with van der Waals surface area (Å²) in [6.45, 7) is 7.21. The second-order valence-electron chi connectivity index (χ2n) is 3.61. The van der Waals surface area contributed by atoms with Crippen molar-refractivity contribution in [2.45, 2.75) is 33.4 Å². The normalized spacial score (nSPS) is 13.6. The maximum absolute atomic E-state index is 4.07. The first kappa shape index (κ1) is 10.1. The molecular weight excluding hydrogens is 166 g/mol. The highest BCUT2D eigenvalue weighted by atomic mass is 15.6. The highest BCUT2D eigenvalue weighted by Gasteiger charge is 2.07. The molecule has 0 aliphatic rings. The van der Waals surface area contributed by atoms with E-state index in [0.717, 1.165) is 5.82 Å². The molecule has 1 unspecified atom stereocenters. The fraction of sp³-hybridized carbons (Fsp3) is 0.875. The first-order valence-corrected chi connectivity index (χ1v) is 4.56. The van der Waals surface area contributed by atoms with E-state index in [1.54, 1.807) is 7.05 Å². The van der Waals surface area contributed by atoms with E-state index < -0.39 is 0 Å². The van der Waals surface area contributed by atoms with Crippen molar-refractivity contribution in [1.29, 1.82) is 0 Å². The number of aryl methyl sites for hydroxylation is 1. The van der Waals surface area contributed by atoms with Gasteiger partial charge in [0.25, 0.3) is 0 Å². The van der Waals surface area contributed by atoms with Crippen LogP contribution in [-0.2, 0) is 13.6 Å². The third-order valence-corrected chi connectivity index (χ3v) is 2.13. The molecule has 1 N–H and O–H groups in total. The molecule has 0 amide bonds. The largest absolute Gasteiger partial charge is 0.307 e. The summed E-state index contributed by atoms with van der Waals surface area (Å²) >= 11 is 0. The van der Waals surface area contributed by atoms with Gasteiger partial charge in [0, 0.05) is 6.04 Å². The Kier molecular flexibility index (Phi) is 3.36. The van der Waals surface area contributed by atoms with E-state index in [1.807, 2.05) is 0 Å². The van der Waals surface area contributed by atoms with E-state index in [2.05, 4.69) is 41.5 Å². The zero-order valence-electron chi connectivity index (χ0n) is 8.65. The van der Waals surface area contributed by atoms with Crippen LogP contribution in [-0.4, -0.2) is 26.2 Å². The minimum atomic E-state index is 0.476. The Morgan fingerprint density at radius 1 is 1.38 bits per heavy atom. The lowest BCUT2D eigenvalue weighted by atomic mass is 10.1. The van der Waals surface area contributed by atoms with Crippen LogP contribution in [0, 0.1) is 5.92 Å². The highest BCUT2D eigenvalue weighted by Crippen LogP contribution is 2.00. The van der Waals surface area contributed by atoms with Gasteiger partial charge in [-0.15, -0.1) is 10.2 Å². The van der Waals surface area contributed by atoms with Gasteiger partial charge in [0.2, 0.25) is 0 Å². The summed E-state index contributed by atoms with van der Waals surface area (Å²) in [6, 6.07) is 0.476. The molecule has 0 fully saturated rings. The van der Waals surface area contributed by atoms with Crippen molar-refractivity contribution >= 4 is 0 Å². The molecule has 0 aromatic carbocycles. The van der Waals surface area contributed by atoms with Crippen molar-refractivity contribution in [3.8, 4) is 0 Å². The van der Waals surface area contributed by atoms with Gasteiger partial charge in [-0.3, -0.25) is 0 Å². The van der Waals surface area contributed by atoms with Crippen LogP contribution in [0.25, 0.3) is 0 Å². The van der Waals surface area contributed by atoms with Crippen molar-refractivity contribution in [3.05, 3.63) is 5.82 Å². The molecule has 0 bridgehead atoms. The van der Waals surface area contributed by atoms with Gasteiger partial charge in [0.1, 0.15) is 0 Å². The average Bonchev–Trinajstić information content (AvgIpc) is 2.47. The van der Waals surface area contributed by atoms with Gasteiger partial charge in [-0.1, -0.05) is 13.8 Å². The van der Waals surface area contributed by atoms with Gasteiger partial charge in [-0.25, -0.2) is 0 Å². The molecule has 0 saturated heterocycles. The van der Waals surface area contributed by atoms with Crippen LogP contribution in [0.15, 0.2) is 0 Å². The van der Waals surface area contributed by atoms with E-state index in [4.69, 9.17) is 0 Å². The quantitative estimate of drug-likeness (QED) is 0.731. The van der Waals surface area contributed by atoms with Crippen LogP contribution < -0.4 is 5.32 Å². The molecule has 5 nitrogen and oxygen atoms in total. The summed E-state index contributed by atoms with van der Waals surface area (Å²) in [4.78, 5) is 1.47. The number of nitrogens with zero attached hydrogens (tertiary/aromatic N) is 4. The van der Waals surface area contributed by atoms with Gasteiger partial charge in [-0.2, -0.15) is 4.80 Å². The summed E-state index contributed by atoms with van der Waals surface area (Å²) in [5, 5.41) is 15.0. The molecule has 1 rings (SSSR count). The summed E-state index contributed by atoms with van der Waals surface area (Å²) in [7, 11) is 1.77. The smallest absolute Gasteiger partial charge is 0.188 e. The predicted octanol–water partition coefficient (Wildman–Crippen LogP) is 0.344. The van der Waals surface area contributed by atoms with Crippen LogP contribution in [0.3, 0.4) is 0 Å². The van der Waals surface area contributed by atoms with Crippen LogP contribution in [0.4, 0.5) is 0 Å². The fourth-order valence-electron chi connectivity index (χ4n) is 0.882. The second kappa shape index (κ2) is 4.32. The third kappa shape index (κ3) is 3.10. The lowest BCUT2D eigenvalue weighted by Gasteiger charge is -2.15. The van der Waals surface area contributed by atoms with E-state index in [-0.39, 0.29) is 0 Å². The van der Waals surface area contributed by atoms with E-state index in [1.165, 1.54) is 4.80 Å². The Bertz CT molecular complexity index is 255. The molecule has 1 aromatic heterocycles. The first-order chi connectivity index (χ1) is 6.09. The topological polar surface area (TPSA) is 55.6 Å². The molecule has 0 aliphatic heterocycles. The minimum absolute atomic E-state index is 0.476. The Morgan fingerprint density at radius 3 is 2.54 bits per heavy atom. The molecule has 0 spiro atoms. The van der Waals surface area contributed by atoms with Crippen LogP contribution in [0.5, 0.6) is 0 Å². The van der Waals surface area contributed by atoms with Crippen molar-refractivity contribution in [1.82, 2.24) is 25.5 Å². The monoisotopic (exact) mass is 183 g/mol. The van der Waals surface area contributed by atoms with Crippen molar-refractivity contribution < 1.29 is 0 Å². The Morgan fingerprint density at radius 2 is 2.08 bits per heavy atom. The van der Waals surface area contributed by atoms with Gasteiger partial charge in [-0.05, 0) is 18.1 Å².